The fourth-order valence-corrected chi connectivity index (χ4v) is 2.75. The monoisotopic (exact) mass is 364 g/mol. The van der Waals surface area contributed by atoms with Crippen molar-refractivity contribution in [3.05, 3.63) is 39.3 Å². The quantitative estimate of drug-likeness (QED) is 0.766. The zero-order valence-corrected chi connectivity index (χ0v) is 14.4. The molecule has 23 heavy (non-hydrogen) atoms. The first-order chi connectivity index (χ1) is 10.5. The molecule has 0 fully saturated rings. The van der Waals surface area contributed by atoms with Crippen LogP contribution >= 0.6 is 22.9 Å². The molecule has 1 N–H and O–H groups in total. The lowest BCUT2D eigenvalue weighted by Crippen LogP contribution is -2.23. The number of hydrogen-bond acceptors (Lipinski definition) is 4. The van der Waals surface area contributed by atoms with Crippen LogP contribution in [0.5, 0.6) is 5.75 Å². The summed E-state index contributed by atoms with van der Waals surface area (Å²) in [6.07, 6.45) is -2.86. The van der Waals surface area contributed by atoms with Crippen LogP contribution in [0.15, 0.2) is 24.4 Å². The van der Waals surface area contributed by atoms with Crippen molar-refractivity contribution in [3.8, 4) is 5.75 Å². The maximum absolute atomic E-state index is 13.0. The van der Waals surface area contributed by atoms with Crippen molar-refractivity contribution in [3.63, 3.8) is 0 Å². The predicted molar refractivity (Wildman–Crippen MR) is 86.3 cm³/mol. The fraction of sp³-hybridized carbons (Fsp3) is 0.400. The van der Waals surface area contributed by atoms with Gasteiger partial charge in [-0.05, 0) is 32.9 Å². The van der Waals surface area contributed by atoms with E-state index < -0.39 is 17.3 Å². The number of ether oxygens (including phenoxy) is 1. The number of nitrogens with one attached hydrogen (secondary N) is 1. The number of benzene rings is 1. The van der Waals surface area contributed by atoms with Gasteiger partial charge in [-0.25, -0.2) is 4.98 Å². The molecule has 0 bridgehead atoms. The largest absolute Gasteiger partial charge is 0.488 e. The summed E-state index contributed by atoms with van der Waals surface area (Å²) in [7, 11) is 0. The molecule has 3 nitrogen and oxygen atoms in total. The molecule has 0 amide bonds. The normalized spacial score (nSPS) is 12.3. The average molecular weight is 365 g/mol. The molecule has 126 valence electrons. The van der Waals surface area contributed by atoms with Crippen molar-refractivity contribution in [1.82, 2.24) is 4.98 Å². The Hall–Kier alpha value is -1.47. The molecule has 0 atom stereocenters. The lowest BCUT2D eigenvalue weighted by atomic mass is 10.1. The van der Waals surface area contributed by atoms with E-state index in [-0.39, 0.29) is 5.75 Å². The van der Waals surface area contributed by atoms with Crippen LogP contribution in [-0.4, -0.2) is 10.6 Å². The Labute approximate surface area is 141 Å². The van der Waals surface area contributed by atoms with Crippen molar-refractivity contribution in [2.45, 2.75) is 39.1 Å². The molecule has 0 radical (unpaired) electrons. The number of anilines is 1. The SMILES string of the molecule is CC(C)(C)Oc1cc(NCc2cnc(Cl)s2)cc(C(F)(F)F)c1. The van der Waals surface area contributed by atoms with E-state index in [4.69, 9.17) is 16.3 Å². The summed E-state index contributed by atoms with van der Waals surface area (Å²) in [6.45, 7) is 5.67. The topological polar surface area (TPSA) is 34.1 Å². The maximum atomic E-state index is 13.0. The Bertz CT molecular complexity index is 680. The minimum Gasteiger partial charge on any atom is -0.488 e. The highest BCUT2D eigenvalue weighted by Gasteiger charge is 2.32. The third-order valence-corrected chi connectivity index (χ3v) is 3.76. The van der Waals surface area contributed by atoms with Gasteiger partial charge >= 0.3 is 6.18 Å². The van der Waals surface area contributed by atoms with Gasteiger partial charge in [0.25, 0.3) is 0 Å². The Balaban J connectivity index is 2.24. The van der Waals surface area contributed by atoms with E-state index in [0.29, 0.717) is 16.7 Å². The van der Waals surface area contributed by atoms with Gasteiger partial charge < -0.3 is 10.1 Å². The molecule has 0 spiro atoms. The van der Waals surface area contributed by atoms with E-state index >= 15 is 0 Å². The molecular weight excluding hydrogens is 349 g/mol. The summed E-state index contributed by atoms with van der Waals surface area (Å²) < 4.78 is 45.1. The van der Waals surface area contributed by atoms with Gasteiger partial charge in [-0.2, -0.15) is 13.2 Å². The van der Waals surface area contributed by atoms with E-state index in [0.717, 1.165) is 17.0 Å². The van der Waals surface area contributed by atoms with Crippen LogP contribution in [0.25, 0.3) is 0 Å². The van der Waals surface area contributed by atoms with E-state index in [1.54, 1.807) is 33.0 Å². The van der Waals surface area contributed by atoms with Crippen LogP contribution in [0, 0.1) is 0 Å². The maximum Gasteiger partial charge on any atom is 0.416 e. The van der Waals surface area contributed by atoms with E-state index in [1.165, 1.54) is 11.3 Å². The highest BCUT2D eigenvalue weighted by atomic mass is 35.5. The Morgan fingerprint density at radius 2 is 1.91 bits per heavy atom. The molecule has 8 heteroatoms. The second-order valence-corrected chi connectivity index (χ2v) is 7.59. The number of hydrogen-bond donors (Lipinski definition) is 1. The van der Waals surface area contributed by atoms with E-state index in [2.05, 4.69) is 10.3 Å². The highest BCUT2D eigenvalue weighted by molar-refractivity contribution is 7.15. The molecule has 1 heterocycles. The number of rotatable bonds is 4. The van der Waals surface area contributed by atoms with E-state index in [1.807, 2.05) is 0 Å². The van der Waals surface area contributed by atoms with Gasteiger partial charge in [0, 0.05) is 22.8 Å². The van der Waals surface area contributed by atoms with Crippen LogP contribution in [0.3, 0.4) is 0 Å². The van der Waals surface area contributed by atoms with Crippen molar-refractivity contribution >= 4 is 28.6 Å². The zero-order chi connectivity index (χ0) is 17.3. The van der Waals surface area contributed by atoms with E-state index in [9.17, 15) is 13.2 Å². The third-order valence-electron chi connectivity index (χ3n) is 2.65. The minimum atomic E-state index is -4.44. The molecule has 2 aromatic rings. The second-order valence-electron chi connectivity index (χ2n) is 5.89. The molecule has 0 unspecified atom stereocenters. The minimum absolute atomic E-state index is 0.164. The molecule has 2 rings (SSSR count). The third kappa shape index (κ3) is 5.58. The molecule has 0 aliphatic heterocycles. The summed E-state index contributed by atoms with van der Waals surface area (Å²) in [6, 6.07) is 3.60. The first kappa shape index (κ1) is 17.9. The molecule has 0 aliphatic rings. The van der Waals surface area contributed by atoms with Crippen molar-refractivity contribution < 1.29 is 17.9 Å². The molecular formula is C15H16ClF3N2OS. The standard InChI is InChI=1S/C15H16ClF3N2OS/c1-14(2,3)22-11-5-9(15(17,18)19)4-10(6-11)20-7-12-8-21-13(16)23-12/h4-6,8,20H,7H2,1-3H3. The predicted octanol–water partition coefficient (Wildman–Crippen LogP) is 5.60. The average Bonchev–Trinajstić information content (AvgIpc) is 2.79. The smallest absolute Gasteiger partial charge is 0.416 e. The van der Waals surface area contributed by atoms with Gasteiger partial charge in [0.2, 0.25) is 0 Å². The van der Waals surface area contributed by atoms with Gasteiger partial charge in [0.15, 0.2) is 4.47 Å². The first-order valence-corrected chi connectivity index (χ1v) is 7.98. The van der Waals surface area contributed by atoms with Gasteiger partial charge in [0.1, 0.15) is 11.4 Å². The van der Waals surface area contributed by atoms with Crippen molar-refractivity contribution in [1.29, 1.82) is 0 Å². The number of aromatic nitrogens is 1. The second kappa shape index (κ2) is 6.57. The summed E-state index contributed by atoms with van der Waals surface area (Å²) in [5, 5.41) is 2.94. The lowest BCUT2D eigenvalue weighted by molar-refractivity contribution is -0.137. The summed E-state index contributed by atoms with van der Waals surface area (Å²) in [4.78, 5) is 4.72. The van der Waals surface area contributed by atoms with Gasteiger partial charge in [-0.15, -0.1) is 11.3 Å². The molecule has 1 aromatic heterocycles. The summed E-state index contributed by atoms with van der Waals surface area (Å²) in [5.74, 6) is 0.164. The van der Waals surface area contributed by atoms with Crippen LogP contribution in [-0.2, 0) is 12.7 Å². The highest BCUT2D eigenvalue weighted by Crippen LogP contribution is 2.35. The molecule has 0 saturated carbocycles. The number of alkyl halides is 3. The fourth-order valence-electron chi connectivity index (χ4n) is 1.83. The van der Waals surface area contributed by atoms with Crippen LogP contribution < -0.4 is 10.1 Å². The Morgan fingerprint density at radius 1 is 1.22 bits per heavy atom. The molecule has 1 aromatic carbocycles. The summed E-state index contributed by atoms with van der Waals surface area (Å²) >= 11 is 7.01. The van der Waals surface area contributed by atoms with Crippen LogP contribution in [0.1, 0.15) is 31.2 Å². The van der Waals surface area contributed by atoms with Crippen LogP contribution in [0.2, 0.25) is 4.47 Å². The number of thiazole rings is 1. The number of nitrogens with zero attached hydrogens (tertiary/aromatic N) is 1. The zero-order valence-electron chi connectivity index (χ0n) is 12.8. The number of halogens is 4. The molecule has 0 aliphatic carbocycles. The van der Waals surface area contributed by atoms with Crippen LogP contribution in [0.4, 0.5) is 18.9 Å². The molecule has 0 saturated heterocycles. The summed E-state index contributed by atoms with van der Waals surface area (Å²) in [5.41, 5.74) is -1.03. The van der Waals surface area contributed by atoms with Crippen molar-refractivity contribution in [2.75, 3.05) is 5.32 Å². The lowest BCUT2D eigenvalue weighted by Gasteiger charge is -2.23. The Morgan fingerprint density at radius 3 is 2.43 bits per heavy atom. The Kier molecular flexibility index (Phi) is 5.10. The van der Waals surface area contributed by atoms with Crippen molar-refractivity contribution in [2.24, 2.45) is 0 Å². The van der Waals surface area contributed by atoms with Gasteiger partial charge in [0.05, 0.1) is 12.1 Å². The van der Waals surface area contributed by atoms with Gasteiger partial charge in [-0.3, -0.25) is 0 Å². The van der Waals surface area contributed by atoms with Gasteiger partial charge in [-0.1, -0.05) is 11.6 Å². The first-order valence-electron chi connectivity index (χ1n) is 6.78.